The number of aliphatic carboxylic acids is 1. The molecule has 0 fully saturated rings. The lowest BCUT2D eigenvalue weighted by atomic mass is 10.0. The Bertz CT molecular complexity index is 632. The van der Waals surface area contributed by atoms with Crippen LogP contribution < -0.4 is 10.6 Å². The maximum atomic E-state index is 12.8. The van der Waals surface area contributed by atoms with Gasteiger partial charge in [-0.1, -0.05) is 29.8 Å². The van der Waals surface area contributed by atoms with Crippen molar-refractivity contribution in [2.75, 3.05) is 11.9 Å². The van der Waals surface area contributed by atoms with Crippen LogP contribution in [0.4, 0.5) is 10.5 Å². The van der Waals surface area contributed by atoms with Crippen LogP contribution in [0.1, 0.15) is 34.1 Å². The molecule has 1 rings (SSSR count). The summed E-state index contributed by atoms with van der Waals surface area (Å²) < 4.78 is 0.887. The maximum absolute atomic E-state index is 12.8. The molecule has 3 N–H and O–H groups in total. The average molecular weight is 428 g/mol. The fraction of sp³-hybridized carbons (Fsp3) is 0.500. The van der Waals surface area contributed by atoms with Crippen LogP contribution >= 0.6 is 15.9 Å². The summed E-state index contributed by atoms with van der Waals surface area (Å²) in [7, 11) is 0. The van der Waals surface area contributed by atoms with Gasteiger partial charge in [-0.2, -0.15) is 0 Å². The fourth-order valence-electron chi connectivity index (χ4n) is 2.41. The van der Waals surface area contributed by atoms with Crippen LogP contribution in [-0.2, 0) is 9.59 Å². The molecular weight excluding hydrogens is 402 g/mol. The molecule has 0 aliphatic carbocycles. The molecule has 26 heavy (non-hydrogen) atoms. The number of hydrogen-bond donors (Lipinski definition) is 3. The van der Waals surface area contributed by atoms with Crippen molar-refractivity contribution in [3.8, 4) is 0 Å². The lowest BCUT2D eigenvalue weighted by molar-refractivity contribution is -0.146. The van der Waals surface area contributed by atoms with Gasteiger partial charge in [-0.05, 0) is 50.5 Å². The summed E-state index contributed by atoms with van der Waals surface area (Å²) in [6.07, 6.45) is 0.412. The van der Waals surface area contributed by atoms with E-state index >= 15 is 0 Å². The number of urea groups is 1. The average Bonchev–Trinajstić information content (AvgIpc) is 2.52. The molecule has 144 valence electrons. The molecular formula is C18H26BrN3O4. The minimum absolute atomic E-state index is 0.149. The molecule has 1 aromatic rings. The van der Waals surface area contributed by atoms with Crippen molar-refractivity contribution in [3.05, 3.63) is 28.7 Å². The van der Waals surface area contributed by atoms with E-state index in [4.69, 9.17) is 5.11 Å². The summed E-state index contributed by atoms with van der Waals surface area (Å²) in [6.45, 7) is 6.96. The van der Waals surface area contributed by atoms with Crippen molar-refractivity contribution < 1.29 is 19.5 Å². The number of carbonyl (C=O) groups excluding carboxylic acids is 2. The summed E-state index contributed by atoms with van der Waals surface area (Å²) in [6, 6.07) is 5.45. The molecule has 0 heterocycles. The highest BCUT2D eigenvalue weighted by Crippen LogP contribution is 2.15. The Hall–Kier alpha value is -2.09. The molecule has 0 saturated heterocycles. The van der Waals surface area contributed by atoms with Gasteiger partial charge in [-0.15, -0.1) is 0 Å². The number of carboxylic acids is 1. The first-order valence-corrected chi connectivity index (χ1v) is 9.24. The third-order valence-corrected chi connectivity index (χ3v) is 4.15. The predicted octanol–water partition coefficient (Wildman–Crippen LogP) is 3.31. The highest BCUT2D eigenvalue weighted by Gasteiger charge is 2.29. The number of anilines is 1. The van der Waals surface area contributed by atoms with E-state index in [-0.39, 0.29) is 12.0 Å². The first-order valence-electron chi connectivity index (χ1n) is 8.45. The maximum Gasteiger partial charge on any atom is 0.323 e. The highest BCUT2D eigenvalue weighted by atomic mass is 79.9. The van der Waals surface area contributed by atoms with E-state index in [9.17, 15) is 14.4 Å². The molecule has 0 spiro atoms. The number of hydrogen-bond acceptors (Lipinski definition) is 3. The summed E-state index contributed by atoms with van der Waals surface area (Å²) in [5, 5.41) is 14.4. The van der Waals surface area contributed by atoms with Gasteiger partial charge in [0.2, 0.25) is 5.91 Å². The smallest absolute Gasteiger partial charge is 0.323 e. The zero-order valence-electron chi connectivity index (χ0n) is 15.5. The van der Waals surface area contributed by atoms with E-state index in [0.717, 1.165) is 4.47 Å². The Kier molecular flexibility index (Phi) is 8.57. The molecule has 8 heteroatoms. The Morgan fingerprint density at radius 2 is 1.69 bits per heavy atom. The van der Waals surface area contributed by atoms with E-state index in [0.29, 0.717) is 12.1 Å². The molecule has 7 nitrogen and oxygen atoms in total. The van der Waals surface area contributed by atoms with Crippen LogP contribution in [0.25, 0.3) is 0 Å². The Labute approximate surface area is 162 Å². The largest absolute Gasteiger partial charge is 0.480 e. The monoisotopic (exact) mass is 427 g/mol. The number of nitrogens with one attached hydrogen (secondary N) is 2. The van der Waals surface area contributed by atoms with Gasteiger partial charge in [-0.25, -0.2) is 4.79 Å². The number of nitrogens with zero attached hydrogens (tertiary/aromatic N) is 1. The van der Waals surface area contributed by atoms with Crippen LogP contribution in [0.5, 0.6) is 0 Å². The molecule has 0 radical (unpaired) electrons. The Morgan fingerprint density at radius 3 is 2.15 bits per heavy atom. The van der Waals surface area contributed by atoms with E-state index in [1.165, 1.54) is 4.90 Å². The molecule has 0 saturated carbocycles. The van der Waals surface area contributed by atoms with Crippen molar-refractivity contribution in [1.29, 1.82) is 0 Å². The zero-order chi connectivity index (χ0) is 19.9. The number of amides is 3. The lowest BCUT2D eigenvalue weighted by Gasteiger charge is -2.30. The van der Waals surface area contributed by atoms with Gasteiger partial charge in [0, 0.05) is 16.2 Å². The van der Waals surface area contributed by atoms with Gasteiger partial charge in [0.1, 0.15) is 12.6 Å². The topological polar surface area (TPSA) is 98.7 Å². The first kappa shape index (κ1) is 22.0. The van der Waals surface area contributed by atoms with E-state index in [2.05, 4.69) is 26.6 Å². The number of halogens is 1. The van der Waals surface area contributed by atoms with Crippen LogP contribution in [0.15, 0.2) is 28.7 Å². The lowest BCUT2D eigenvalue weighted by Crippen LogP contribution is -2.53. The third-order valence-electron chi connectivity index (χ3n) is 3.62. The van der Waals surface area contributed by atoms with E-state index < -0.39 is 30.5 Å². The van der Waals surface area contributed by atoms with Crippen LogP contribution in [0.2, 0.25) is 0 Å². The van der Waals surface area contributed by atoms with Crippen LogP contribution in [-0.4, -0.2) is 46.5 Å². The second-order valence-electron chi connectivity index (χ2n) is 6.74. The summed E-state index contributed by atoms with van der Waals surface area (Å²) in [4.78, 5) is 37.4. The molecule has 1 unspecified atom stereocenters. The predicted molar refractivity (Wildman–Crippen MR) is 104 cm³/mol. The minimum atomic E-state index is -1.09. The molecule has 0 aliphatic heterocycles. The summed E-state index contributed by atoms with van der Waals surface area (Å²) >= 11 is 3.32. The van der Waals surface area contributed by atoms with Crippen molar-refractivity contribution >= 4 is 39.5 Å². The second kappa shape index (κ2) is 10.2. The summed E-state index contributed by atoms with van der Waals surface area (Å²) in [5.74, 6) is -1.34. The van der Waals surface area contributed by atoms with Crippen LogP contribution in [0.3, 0.4) is 0 Å². The molecule has 0 aliphatic rings. The van der Waals surface area contributed by atoms with Gasteiger partial charge in [0.05, 0.1) is 0 Å². The highest BCUT2D eigenvalue weighted by molar-refractivity contribution is 9.10. The van der Waals surface area contributed by atoms with Crippen molar-refractivity contribution in [2.45, 2.75) is 46.2 Å². The number of carboxylic acid groups (broad SMARTS) is 1. The normalized spacial score (nSPS) is 12.0. The van der Waals surface area contributed by atoms with Gasteiger partial charge in [-0.3, -0.25) is 9.59 Å². The third kappa shape index (κ3) is 7.43. The van der Waals surface area contributed by atoms with Crippen molar-refractivity contribution in [1.82, 2.24) is 10.2 Å². The molecule has 0 bridgehead atoms. The Balaban J connectivity index is 2.86. The van der Waals surface area contributed by atoms with E-state index in [1.54, 1.807) is 38.1 Å². The quantitative estimate of drug-likeness (QED) is 0.592. The molecule has 0 aromatic heterocycles. The molecule has 1 atom stereocenters. The number of carbonyl (C=O) groups is 3. The van der Waals surface area contributed by atoms with E-state index in [1.807, 2.05) is 13.8 Å². The first-order chi connectivity index (χ1) is 12.1. The second-order valence-corrected chi connectivity index (χ2v) is 7.66. The molecule has 3 amide bonds. The minimum Gasteiger partial charge on any atom is -0.480 e. The summed E-state index contributed by atoms with van der Waals surface area (Å²) in [5.41, 5.74) is 0.590. The fourth-order valence-corrected chi connectivity index (χ4v) is 2.68. The van der Waals surface area contributed by atoms with Crippen LogP contribution in [0, 0.1) is 5.92 Å². The zero-order valence-corrected chi connectivity index (χ0v) is 17.0. The SMILES string of the molecule is CC(C)CC(NC(=O)Nc1ccc(Br)cc1)C(=O)N(CC(=O)O)C(C)C. The number of benzene rings is 1. The van der Waals surface area contributed by atoms with Gasteiger partial charge in [0.25, 0.3) is 0 Å². The number of rotatable bonds is 8. The van der Waals surface area contributed by atoms with Gasteiger partial charge < -0.3 is 20.6 Å². The van der Waals surface area contributed by atoms with Crippen molar-refractivity contribution in [2.24, 2.45) is 5.92 Å². The van der Waals surface area contributed by atoms with Gasteiger partial charge >= 0.3 is 12.0 Å². The molecule has 1 aromatic carbocycles. The Morgan fingerprint density at radius 1 is 1.12 bits per heavy atom. The van der Waals surface area contributed by atoms with Crippen molar-refractivity contribution in [3.63, 3.8) is 0 Å². The standard InChI is InChI=1S/C18H26BrN3O4/c1-11(2)9-15(17(25)22(12(3)4)10-16(23)24)21-18(26)20-14-7-5-13(19)6-8-14/h5-8,11-12,15H,9-10H2,1-4H3,(H,23,24)(H2,20,21,26). The van der Waals surface area contributed by atoms with Gasteiger partial charge in [0.15, 0.2) is 0 Å².